The van der Waals surface area contributed by atoms with Crippen molar-refractivity contribution in [2.75, 3.05) is 33.7 Å². The lowest BCUT2D eigenvalue weighted by atomic mass is 10.1. The molecular formula is C8H17N3O. The second kappa shape index (κ2) is 3.76. The highest BCUT2D eigenvalue weighted by Crippen LogP contribution is 2.06. The van der Waals surface area contributed by atoms with E-state index in [1.807, 2.05) is 11.8 Å². The molecule has 1 rings (SSSR count). The Kier molecular flexibility index (Phi) is 2.92. The minimum absolute atomic E-state index is 0.115. The molecule has 0 aromatic heterocycles. The minimum Gasteiger partial charge on any atom is -0.331 e. The molecule has 4 nitrogen and oxygen atoms in total. The van der Waals surface area contributed by atoms with Crippen molar-refractivity contribution in [2.45, 2.75) is 13.0 Å². The topological polar surface area (TPSA) is 35.6 Å². The van der Waals surface area contributed by atoms with Gasteiger partial charge in [-0.15, -0.1) is 0 Å². The fourth-order valence-corrected chi connectivity index (χ4v) is 1.30. The van der Waals surface area contributed by atoms with Crippen LogP contribution >= 0.6 is 0 Å². The molecule has 0 saturated carbocycles. The summed E-state index contributed by atoms with van der Waals surface area (Å²) in [6.07, 6.45) is 0. The quantitative estimate of drug-likeness (QED) is 0.633. The molecule has 1 aliphatic rings. The predicted molar refractivity (Wildman–Crippen MR) is 48.1 cm³/mol. The van der Waals surface area contributed by atoms with Crippen LogP contribution in [0.25, 0.3) is 0 Å². The van der Waals surface area contributed by atoms with Crippen molar-refractivity contribution in [3.63, 3.8) is 0 Å². The molecule has 4 heteroatoms. The maximum atomic E-state index is 11.5. The van der Waals surface area contributed by atoms with Gasteiger partial charge in [0.05, 0.1) is 6.04 Å². The van der Waals surface area contributed by atoms with Gasteiger partial charge in [0.2, 0.25) is 0 Å². The first kappa shape index (κ1) is 9.32. The van der Waals surface area contributed by atoms with Gasteiger partial charge in [0.25, 0.3) is 0 Å². The van der Waals surface area contributed by atoms with Crippen LogP contribution < -0.4 is 5.32 Å². The predicted octanol–water partition coefficient (Wildman–Crippen LogP) is -0.0383. The molecule has 0 radical (unpaired) electrons. The third-order valence-electron chi connectivity index (χ3n) is 2.17. The van der Waals surface area contributed by atoms with Gasteiger partial charge in [0, 0.05) is 33.7 Å². The number of carbonyl (C=O) groups excluding carboxylic acids is 1. The number of urea groups is 1. The van der Waals surface area contributed by atoms with Crippen molar-refractivity contribution in [1.29, 1.82) is 0 Å². The number of rotatable bonds is 2. The summed E-state index contributed by atoms with van der Waals surface area (Å²) in [4.78, 5) is 15.1. The lowest BCUT2D eigenvalue weighted by Crippen LogP contribution is -2.60. The molecular weight excluding hydrogens is 154 g/mol. The van der Waals surface area contributed by atoms with Gasteiger partial charge in [-0.1, -0.05) is 0 Å². The molecule has 0 aromatic carbocycles. The van der Waals surface area contributed by atoms with E-state index in [0.29, 0.717) is 6.04 Å². The SMILES string of the molecule is CCN(C(=O)N(C)C)C1CNC1. The molecule has 0 atom stereocenters. The summed E-state index contributed by atoms with van der Waals surface area (Å²) in [5.41, 5.74) is 0. The second-order valence-electron chi connectivity index (χ2n) is 3.28. The molecule has 0 unspecified atom stereocenters. The van der Waals surface area contributed by atoms with Crippen LogP contribution in [0.4, 0.5) is 4.79 Å². The normalized spacial score (nSPS) is 16.9. The van der Waals surface area contributed by atoms with Crippen LogP contribution in [-0.2, 0) is 0 Å². The van der Waals surface area contributed by atoms with Crippen LogP contribution in [0.3, 0.4) is 0 Å². The molecule has 1 fully saturated rings. The first-order chi connectivity index (χ1) is 5.66. The Hall–Kier alpha value is -0.770. The number of nitrogens with one attached hydrogen (secondary N) is 1. The molecule has 0 bridgehead atoms. The summed E-state index contributed by atoms with van der Waals surface area (Å²) >= 11 is 0. The Morgan fingerprint density at radius 2 is 2.08 bits per heavy atom. The highest BCUT2D eigenvalue weighted by molar-refractivity contribution is 5.74. The first-order valence-corrected chi connectivity index (χ1v) is 4.35. The Morgan fingerprint density at radius 3 is 2.33 bits per heavy atom. The molecule has 0 spiro atoms. The van der Waals surface area contributed by atoms with E-state index in [1.165, 1.54) is 0 Å². The molecule has 2 amide bonds. The number of nitrogens with zero attached hydrogens (tertiary/aromatic N) is 2. The van der Waals surface area contributed by atoms with Crippen LogP contribution in [0.15, 0.2) is 0 Å². The molecule has 70 valence electrons. The molecule has 0 aliphatic carbocycles. The van der Waals surface area contributed by atoms with Gasteiger partial charge in [-0.25, -0.2) is 4.79 Å². The van der Waals surface area contributed by atoms with E-state index < -0.39 is 0 Å². The van der Waals surface area contributed by atoms with Crippen LogP contribution in [0.1, 0.15) is 6.92 Å². The molecule has 1 aliphatic heterocycles. The average molecular weight is 171 g/mol. The zero-order chi connectivity index (χ0) is 9.14. The van der Waals surface area contributed by atoms with Crippen LogP contribution in [-0.4, -0.2) is 55.6 Å². The number of likely N-dealkylation sites (N-methyl/N-ethyl adjacent to an activating group) is 1. The first-order valence-electron chi connectivity index (χ1n) is 4.35. The Morgan fingerprint density at radius 1 is 1.50 bits per heavy atom. The second-order valence-corrected chi connectivity index (χ2v) is 3.28. The van der Waals surface area contributed by atoms with Crippen molar-refractivity contribution in [2.24, 2.45) is 0 Å². The number of amides is 2. The zero-order valence-electron chi connectivity index (χ0n) is 8.00. The summed E-state index contributed by atoms with van der Waals surface area (Å²) < 4.78 is 0. The van der Waals surface area contributed by atoms with Gasteiger partial charge in [-0.05, 0) is 6.92 Å². The molecule has 1 heterocycles. The lowest BCUT2D eigenvalue weighted by molar-refractivity contribution is 0.132. The van der Waals surface area contributed by atoms with E-state index in [1.54, 1.807) is 19.0 Å². The molecule has 1 N–H and O–H groups in total. The molecule has 1 saturated heterocycles. The third-order valence-corrected chi connectivity index (χ3v) is 2.17. The average Bonchev–Trinajstić information content (AvgIpc) is 1.94. The van der Waals surface area contributed by atoms with E-state index in [-0.39, 0.29) is 6.03 Å². The van der Waals surface area contributed by atoms with Crippen molar-refractivity contribution >= 4 is 6.03 Å². The van der Waals surface area contributed by atoms with Crippen LogP contribution in [0.2, 0.25) is 0 Å². The van der Waals surface area contributed by atoms with E-state index in [0.717, 1.165) is 19.6 Å². The van der Waals surface area contributed by atoms with E-state index in [4.69, 9.17) is 0 Å². The smallest absolute Gasteiger partial charge is 0.319 e. The summed E-state index contributed by atoms with van der Waals surface area (Å²) in [6.45, 7) is 4.68. The Balaban J connectivity index is 2.48. The monoisotopic (exact) mass is 171 g/mol. The zero-order valence-corrected chi connectivity index (χ0v) is 8.00. The van der Waals surface area contributed by atoms with E-state index in [2.05, 4.69) is 5.32 Å². The fourth-order valence-electron chi connectivity index (χ4n) is 1.30. The lowest BCUT2D eigenvalue weighted by Gasteiger charge is -2.38. The highest BCUT2D eigenvalue weighted by atomic mass is 16.2. The summed E-state index contributed by atoms with van der Waals surface area (Å²) in [7, 11) is 3.58. The number of hydrogen-bond acceptors (Lipinski definition) is 2. The van der Waals surface area contributed by atoms with Gasteiger partial charge < -0.3 is 15.1 Å². The van der Waals surface area contributed by atoms with Crippen molar-refractivity contribution in [3.8, 4) is 0 Å². The van der Waals surface area contributed by atoms with Crippen LogP contribution in [0, 0.1) is 0 Å². The van der Waals surface area contributed by atoms with Gasteiger partial charge in [0.1, 0.15) is 0 Å². The van der Waals surface area contributed by atoms with Crippen molar-refractivity contribution in [3.05, 3.63) is 0 Å². The van der Waals surface area contributed by atoms with Crippen molar-refractivity contribution in [1.82, 2.24) is 15.1 Å². The Bertz CT molecular complexity index is 166. The van der Waals surface area contributed by atoms with Crippen molar-refractivity contribution < 1.29 is 4.79 Å². The third kappa shape index (κ3) is 1.69. The van der Waals surface area contributed by atoms with Crippen LogP contribution in [0.5, 0.6) is 0 Å². The molecule has 12 heavy (non-hydrogen) atoms. The maximum Gasteiger partial charge on any atom is 0.319 e. The number of hydrogen-bond donors (Lipinski definition) is 1. The van der Waals surface area contributed by atoms with Gasteiger partial charge in [0.15, 0.2) is 0 Å². The largest absolute Gasteiger partial charge is 0.331 e. The highest BCUT2D eigenvalue weighted by Gasteiger charge is 2.27. The van der Waals surface area contributed by atoms with Gasteiger partial charge in [-0.3, -0.25) is 0 Å². The molecule has 0 aromatic rings. The number of carbonyl (C=O) groups is 1. The fraction of sp³-hybridized carbons (Fsp3) is 0.875. The summed E-state index contributed by atoms with van der Waals surface area (Å²) in [5, 5.41) is 3.16. The summed E-state index contributed by atoms with van der Waals surface area (Å²) in [6, 6.07) is 0.522. The van der Waals surface area contributed by atoms with E-state index in [9.17, 15) is 4.79 Å². The Labute approximate surface area is 73.5 Å². The van der Waals surface area contributed by atoms with Gasteiger partial charge >= 0.3 is 6.03 Å². The summed E-state index contributed by atoms with van der Waals surface area (Å²) in [5.74, 6) is 0. The van der Waals surface area contributed by atoms with E-state index >= 15 is 0 Å². The minimum atomic E-state index is 0.115. The van der Waals surface area contributed by atoms with Gasteiger partial charge in [-0.2, -0.15) is 0 Å². The maximum absolute atomic E-state index is 11.5. The standard InChI is InChI=1S/C8H17N3O/c1-4-11(7-5-9-6-7)8(12)10(2)3/h7,9H,4-6H2,1-3H3.